The predicted molar refractivity (Wildman–Crippen MR) is 82.5 cm³/mol. The van der Waals surface area contributed by atoms with E-state index in [1.807, 2.05) is 42.1 Å². The van der Waals surface area contributed by atoms with Crippen molar-refractivity contribution in [1.82, 2.24) is 0 Å². The molecule has 0 heterocycles. The average molecular weight is 273 g/mol. The van der Waals surface area contributed by atoms with Crippen LogP contribution in [0.2, 0.25) is 0 Å². The number of methoxy groups -OCH3 is 1. The SMILES string of the molecule is COc1ccc(C(N)CSCc2ccccc2)cc1. The van der Waals surface area contributed by atoms with Gasteiger partial charge in [-0.15, -0.1) is 0 Å². The van der Waals surface area contributed by atoms with Crippen LogP contribution < -0.4 is 10.5 Å². The van der Waals surface area contributed by atoms with Crippen molar-refractivity contribution in [3.05, 3.63) is 65.7 Å². The van der Waals surface area contributed by atoms with Gasteiger partial charge in [-0.3, -0.25) is 0 Å². The van der Waals surface area contributed by atoms with Gasteiger partial charge in [0.2, 0.25) is 0 Å². The lowest BCUT2D eigenvalue weighted by atomic mass is 10.1. The summed E-state index contributed by atoms with van der Waals surface area (Å²) in [6.45, 7) is 0. The molecule has 0 saturated heterocycles. The number of benzene rings is 2. The van der Waals surface area contributed by atoms with E-state index in [9.17, 15) is 0 Å². The summed E-state index contributed by atoms with van der Waals surface area (Å²) in [5.74, 6) is 2.79. The molecule has 0 bridgehead atoms. The Morgan fingerprint density at radius 1 is 1.05 bits per heavy atom. The van der Waals surface area contributed by atoms with Crippen LogP contribution in [0.4, 0.5) is 0 Å². The van der Waals surface area contributed by atoms with Gasteiger partial charge in [0, 0.05) is 17.5 Å². The fraction of sp³-hybridized carbons (Fsp3) is 0.250. The second kappa shape index (κ2) is 7.22. The largest absolute Gasteiger partial charge is 0.497 e. The third-order valence-electron chi connectivity index (χ3n) is 2.95. The minimum Gasteiger partial charge on any atom is -0.497 e. The summed E-state index contributed by atoms with van der Waals surface area (Å²) in [6.07, 6.45) is 0. The summed E-state index contributed by atoms with van der Waals surface area (Å²) in [7, 11) is 1.67. The van der Waals surface area contributed by atoms with Crippen LogP contribution in [0.5, 0.6) is 5.75 Å². The number of rotatable bonds is 6. The molecule has 0 saturated carbocycles. The van der Waals surface area contributed by atoms with Gasteiger partial charge in [-0.1, -0.05) is 42.5 Å². The first-order chi connectivity index (χ1) is 9.29. The molecule has 0 radical (unpaired) electrons. The van der Waals surface area contributed by atoms with Crippen LogP contribution in [-0.4, -0.2) is 12.9 Å². The summed E-state index contributed by atoms with van der Waals surface area (Å²) in [5.41, 5.74) is 8.69. The van der Waals surface area contributed by atoms with Gasteiger partial charge < -0.3 is 10.5 Å². The molecular formula is C16H19NOS. The maximum atomic E-state index is 6.19. The predicted octanol–water partition coefficient (Wildman–Crippen LogP) is 3.63. The van der Waals surface area contributed by atoms with Crippen molar-refractivity contribution in [2.75, 3.05) is 12.9 Å². The Bertz CT molecular complexity index is 484. The van der Waals surface area contributed by atoms with E-state index in [1.54, 1.807) is 7.11 Å². The molecule has 100 valence electrons. The molecule has 1 unspecified atom stereocenters. The van der Waals surface area contributed by atoms with Crippen molar-refractivity contribution in [2.24, 2.45) is 5.73 Å². The molecule has 2 nitrogen and oxygen atoms in total. The molecule has 0 spiro atoms. The summed E-state index contributed by atoms with van der Waals surface area (Å²) >= 11 is 1.86. The summed E-state index contributed by atoms with van der Waals surface area (Å²) in [4.78, 5) is 0. The van der Waals surface area contributed by atoms with E-state index in [2.05, 4.69) is 24.3 Å². The van der Waals surface area contributed by atoms with Crippen LogP contribution in [0.25, 0.3) is 0 Å². The molecule has 1 atom stereocenters. The van der Waals surface area contributed by atoms with E-state index < -0.39 is 0 Å². The van der Waals surface area contributed by atoms with Gasteiger partial charge in [0.05, 0.1) is 7.11 Å². The van der Waals surface area contributed by atoms with Crippen LogP contribution >= 0.6 is 11.8 Å². The van der Waals surface area contributed by atoms with Crippen molar-refractivity contribution < 1.29 is 4.74 Å². The second-order valence-corrected chi connectivity index (χ2v) is 5.41. The normalized spacial score (nSPS) is 12.1. The van der Waals surface area contributed by atoms with Crippen molar-refractivity contribution in [1.29, 1.82) is 0 Å². The highest BCUT2D eigenvalue weighted by atomic mass is 32.2. The third kappa shape index (κ3) is 4.30. The van der Waals surface area contributed by atoms with Crippen LogP contribution in [-0.2, 0) is 5.75 Å². The smallest absolute Gasteiger partial charge is 0.118 e. The van der Waals surface area contributed by atoms with Crippen LogP contribution in [0.1, 0.15) is 17.2 Å². The zero-order valence-corrected chi connectivity index (χ0v) is 11.9. The van der Waals surface area contributed by atoms with Crippen molar-refractivity contribution in [3.63, 3.8) is 0 Å². The Labute approximate surface area is 119 Å². The number of thioether (sulfide) groups is 1. The van der Waals surface area contributed by atoms with E-state index in [0.29, 0.717) is 0 Å². The van der Waals surface area contributed by atoms with E-state index in [1.165, 1.54) is 5.56 Å². The number of ether oxygens (including phenoxy) is 1. The molecule has 0 aliphatic rings. The Hall–Kier alpha value is -1.45. The molecule has 0 amide bonds. The monoisotopic (exact) mass is 273 g/mol. The van der Waals surface area contributed by atoms with E-state index in [4.69, 9.17) is 10.5 Å². The fourth-order valence-corrected chi connectivity index (χ4v) is 2.82. The van der Waals surface area contributed by atoms with Gasteiger partial charge >= 0.3 is 0 Å². The van der Waals surface area contributed by atoms with Crippen molar-refractivity contribution >= 4 is 11.8 Å². The molecule has 3 heteroatoms. The molecule has 2 rings (SSSR count). The van der Waals surface area contributed by atoms with E-state index in [0.717, 1.165) is 22.8 Å². The van der Waals surface area contributed by atoms with Crippen molar-refractivity contribution in [3.8, 4) is 5.75 Å². The molecular weight excluding hydrogens is 254 g/mol. The molecule has 0 aliphatic heterocycles. The molecule has 2 aromatic carbocycles. The van der Waals surface area contributed by atoms with Crippen LogP contribution in [0.3, 0.4) is 0 Å². The van der Waals surface area contributed by atoms with Crippen LogP contribution in [0, 0.1) is 0 Å². The van der Waals surface area contributed by atoms with E-state index >= 15 is 0 Å². The number of hydrogen-bond acceptors (Lipinski definition) is 3. The highest BCUT2D eigenvalue weighted by Gasteiger charge is 2.06. The quantitative estimate of drug-likeness (QED) is 0.873. The minimum atomic E-state index is 0.0691. The topological polar surface area (TPSA) is 35.2 Å². The van der Waals surface area contributed by atoms with Gasteiger partial charge in [-0.25, -0.2) is 0 Å². The first kappa shape index (κ1) is 14.0. The Morgan fingerprint density at radius 3 is 2.37 bits per heavy atom. The van der Waals surface area contributed by atoms with Gasteiger partial charge in [-0.05, 0) is 23.3 Å². The summed E-state index contributed by atoms with van der Waals surface area (Å²) in [5, 5.41) is 0. The Kier molecular flexibility index (Phi) is 5.31. The first-order valence-corrected chi connectivity index (χ1v) is 7.46. The van der Waals surface area contributed by atoms with Crippen LogP contribution in [0.15, 0.2) is 54.6 Å². The molecule has 2 aromatic rings. The maximum absolute atomic E-state index is 6.19. The summed E-state index contributed by atoms with van der Waals surface area (Å²) in [6, 6.07) is 18.5. The Morgan fingerprint density at radius 2 is 1.74 bits per heavy atom. The zero-order valence-electron chi connectivity index (χ0n) is 11.1. The van der Waals surface area contributed by atoms with Gasteiger partial charge in [-0.2, -0.15) is 11.8 Å². The van der Waals surface area contributed by atoms with E-state index in [-0.39, 0.29) is 6.04 Å². The zero-order chi connectivity index (χ0) is 13.5. The first-order valence-electron chi connectivity index (χ1n) is 6.31. The number of nitrogens with two attached hydrogens (primary N) is 1. The summed E-state index contributed by atoms with van der Waals surface area (Å²) < 4.78 is 5.14. The highest BCUT2D eigenvalue weighted by Crippen LogP contribution is 2.21. The fourth-order valence-electron chi connectivity index (χ4n) is 1.83. The van der Waals surface area contributed by atoms with Gasteiger partial charge in [0.15, 0.2) is 0 Å². The standard InChI is InChI=1S/C16H19NOS/c1-18-15-9-7-14(8-10-15)16(17)12-19-11-13-5-3-2-4-6-13/h2-10,16H,11-12,17H2,1H3. The second-order valence-electron chi connectivity index (χ2n) is 4.38. The lowest BCUT2D eigenvalue weighted by Crippen LogP contribution is -2.12. The third-order valence-corrected chi connectivity index (χ3v) is 4.09. The molecule has 19 heavy (non-hydrogen) atoms. The highest BCUT2D eigenvalue weighted by molar-refractivity contribution is 7.98. The lowest BCUT2D eigenvalue weighted by Gasteiger charge is -2.12. The van der Waals surface area contributed by atoms with Gasteiger partial charge in [0.1, 0.15) is 5.75 Å². The van der Waals surface area contributed by atoms with Crippen molar-refractivity contribution in [2.45, 2.75) is 11.8 Å². The lowest BCUT2D eigenvalue weighted by molar-refractivity contribution is 0.414. The minimum absolute atomic E-state index is 0.0691. The molecule has 2 N–H and O–H groups in total. The molecule has 0 aromatic heterocycles. The Balaban J connectivity index is 1.82. The maximum Gasteiger partial charge on any atom is 0.118 e. The molecule has 0 aliphatic carbocycles. The van der Waals surface area contributed by atoms with Gasteiger partial charge in [0.25, 0.3) is 0 Å². The number of hydrogen-bond donors (Lipinski definition) is 1. The average Bonchev–Trinajstić information content (AvgIpc) is 2.48. The molecule has 0 fully saturated rings.